The fourth-order valence-electron chi connectivity index (χ4n) is 2.38. The molecule has 0 bridgehead atoms. The van der Waals surface area contributed by atoms with Crippen LogP contribution in [0.2, 0.25) is 0 Å². The molecule has 4 heteroatoms. The van der Waals surface area contributed by atoms with Crippen molar-refractivity contribution in [2.45, 2.75) is 4.83 Å². The third-order valence-electron chi connectivity index (χ3n) is 3.41. The van der Waals surface area contributed by atoms with E-state index in [1.807, 2.05) is 30.3 Å². The molecule has 21 heavy (non-hydrogen) atoms. The van der Waals surface area contributed by atoms with E-state index in [4.69, 9.17) is 0 Å². The van der Waals surface area contributed by atoms with Gasteiger partial charge in [-0.3, -0.25) is 0 Å². The van der Waals surface area contributed by atoms with Gasteiger partial charge in [-0.15, -0.1) is 0 Å². The van der Waals surface area contributed by atoms with Crippen molar-refractivity contribution in [3.8, 4) is 0 Å². The molecule has 3 aromatic carbocycles. The van der Waals surface area contributed by atoms with E-state index in [0.717, 1.165) is 25.3 Å². The standard InChI is InChI=1S/C17H10Br3F/c18-10-5-8-16(21)14(9-10)17(20)13-6-7-15(19)12-4-2-1-3-11(12)13/h1-9,17H. The SMILES string of the molecule is Fc1ccc(Br)cc1C(Br)c1ccc(Br)c2ccccc12. The maximum absolute atomic E-state index is 14.1. The summed E-state index contributed by atoms with van der Waals surface area (Å²) in [5.74, 6) is -0.216. The van der Waals surface area contributed by atoms with Crippen LogP contribution in [-0.2, 0) is 0 Å². The van der Waals surface area contributed by atoms with Crippen LogP contribution in [0.3, 0.4) is 0 Å². The van der Waals surface area contributed by atoms with E-state index < -0.39 is 0 Å². The number of halogens is 4. The Bertz CT molecular complexity index is 814. The number of benzene rings is 3. The Hall–Kier alpha value is -0.710. The fraction of sp³-hybridized carbons (Fsp3) is 0.0588. The summed E-state index contributed by atoms with van der Waals surface area (Å²) in [4.78, 5) is -0.201. The highest BCUT2D eigenvalue weighted by Crippen LogP contribution is 2.39. The van der Waals surface area contributed by atoms with Crippen molar-refractivity contribution in [3.63, 3.8) is 0 Å². The molecule has 0 aliphatic rings. The molecule has 0 N–H and O–H groups in total. The van der Waals surface area contributed by atoms with Gasteiger partial charge in [0.25, 0.3) is 0 Å². The van der Waals surface area contributed by atoms with Crippen molar-refractivity contribution in [2.75, 3.05) is 0 Å². The van der Waals surface area contributed by atoms with Gasteiger partial charge < -0.3 is 0 Å². The van der Waals surface area contributed by atoms with Crippen molar-refractivity contribution >= 4 is 58.6 Å². The minimum absolute atomic E-state index is 0.201. The maximum Gasteiger partial charge on any atom is 0.127 e. The van der Waals surface area contributed by atoms with E-state index in [2.05, 4.69) is 59.9 Å². The normalized spacial score (nSPS) is 12.6. The van der Waals surface area contributed by atoms with Crippen molar-refractivity contribution in [1.82, 2.24) is 0 Å². The summed E-state index contributed by atoms with van der Waals surface area (Å²) in [5, 5.41) is 2.22. The first-order chi connectivity index (χ1) is 10.1. The molecule has 0 saturated carbocycles. The highest BCUT2D eigenvalue weighted by Gasteiger charge is 2.18. The molecule has 0 aliphatic carbocycles. The van der Waals surface area contributed by atoms with Gasteiger partial charge in [0.05, 0.1) is 4.83 Å². The molecular weight excluding hydrogens is 463 g/mol. The lowest BCUT2D eigenvalue weighted by Gasteiger charge is -2.15. The Labute approximate surface area is 147 Å². The summed E-state index contributed by atoms with van der Waals surface area (Å²) >= 11 is 10.6. The highest BCUT2D eigenvalue weighted by molar-refractivity contribution is 9.11. The van der Waals surface area contributed by atoms with E-state index in [9.17, 15) is 4.39 Å². The molecule has 0 spiro atoms. The molecule has 0 amide bonds. The summed E-state index contributed by atoms with van der Waals surface area (Å²) in [6, 6.07) is 17.1. The molecule has 0 radical (unpaired) electrons. The Kier molecular flexibility index (Phi) is 4.48. The summed E-state index contributed by atoms with van der Waals surface area (Å²) in [6.07, 6.45) is 0. The summed E-state index contributed by atoms with van der Waals surface area (Å²) in [7, 11) is 0. The largest absolute Gasteiger partial charge is 0.207 e. The summed E-state index contributed by atoms with van der Waals surface area (Å²) in [6.45, 7) is 0. The van der Waals surface area contributed by atoms with E-state index in [1.165, 1.54) is 6.07 Å². The van der Waals surface area contributed by atoms with Crippen LogP contribution in [0.25, 0.3) is 10.8 Å². The van der Waals surface area contributed by atoms with Crippen LogP contribution in [0, 0.1) is 5.82 Å². The lowest BCUT2D eigenvalue weighted by Crippen LogP contribution is -1.98. The van der Waals surface area contributed by atoms with Crippen LogP contribution in [0.15, 0.2) is 63.5 Å². The molecule has 0 aromatic heterocycles. The first-order valence-corrected chi connectivity index (χ1v) is 8.84. The molecule has 0 aliphatic heterocycles. The van der Waals surface area contributed by atoms with Gasteiger partial charge in [-0.05, 0) is 40.6 Å². The van der Waals surface area contributed by atoms with E-state index in [1.54, 1.807) is 6.07 Å². The molecule has 0 fully saturated rings. The Balaban J connectivity index is 2.20. The van der Waals surface area contributed by atoms with Crippen molar-refractivity contribution in [2.24, 2.45) is 0 Å². The van der Waals surface area contributed by atoms with Crippen molar-refractivity contribution in [1.29, 1.82) is 0 Å². The smallest absolute Gasteiger partial charge is 0.127 e. The Morgan fingerprint density at radius 3 is 2.29 bits per heavy atom. The zero-order chi connectivity index (χ0) is 15.0. The van der Waals surface area contributed by atoms with Gasteiger partial charge >= 0.3 is 0 Å². The van der Waals surface area contributed by atoms with Crippen LogP contribution >= 0.6 is 47.8 Å². The zero-order valence-corrected chi connectivity index (χ0v) is 15.5. The molecule has 1 unspecified atom stereocenters. The minimum atomic E-state index is -0.216. The molecule has 0 heterocycles. The molecule has 1 atom stereocenters. The molecular formula is C17H10Br3F. The van der Waals surface area contributed by atoms with Crippen LogP contribution in [-0.4, -0.2) is 0 Å². The predicted octanol–water partition coefficient (Wildman–Crippen LogP) is 6.99. The average molecular weight is 473 g/mol. The molecule has 106 valence electrons. The number of fused-ring (bicyclic) bond motifs is 1. The van der Waals surface area contributed by atoms with E-state index in [-0.39, 0.29) is 10.6 Å². The van der Waals surface area contributed by atoms with Gasteiger partial charge in [-0.1, -0.05) is 78.1 Å². The number of rotatable bonds is 2. The zero-order valence-electron chi connectivity index (χ0n) is 10.8. The van der Waals surface area contributed by atoms with E-state index in [0.29, 0.717) is 5.56 Å². The first kappa shape index (κ1) is 15.2. The lowest BCUT2D eigenvalue weighted by atomic mass is 9.98. The highest BCUT2D eigenvalue weighted by atomic mass is 79.9. The van der Waals surface area contributed by atoms with Crippen molar-refractivity contribution < 1.29 is 4.39 Å². The predicted molar refractivity (Wildman–Crippen MR) is 96.5 cm³/mol. The van der Waals surface area contributed by atoms with Crippen LogP contribution in [0.1, 0.15) is 16.0 Å². The fourth-order valence-corrected chi connectivity index (χ4v) is 3.99. The van der Waals surface area contributed by atoms with Crippen LogP contribution < -0.4 is 0 Å². The average Bonchev–Trinajstić information content (AvgIpc) is 2.50. The maximum atomic E-state index is 14.1. The molecule has 0 saturated heterocycles. The first-order valence-electron chi connectivity index (χ1n) is 6.34. The number of hydrogen-bond acceptors (Lipinski definition) is 0. The molecule has 3 aromatic rings. The third-order valence-corrected chi connectivity index (χ3v) is 5.58. The van der Waals surface area contributed by atoms with Gasteiger partial charge in [0, 0.05) is 14.5 Å². The monoisotopic (exact) mass is 470 g/mol. The van der Waals surface area contributed by atoms with Crippen LogP contribution in [0.5, 0.6) is 0 Å². The summed E-state index contributed by atoms with van der Waals surface area (Å²) in [5.41, 5.74) is 1.67. The van der Waals surface area contributed by atoms with E-state index >= 15 is 0 Å². The number of alkyl halides is 1. The topological polar surface area (TPSA) is 0 Å². The Morgan fingerprint density at radius 1 is 0.810 bits per heavy atom. The third kappa shape index (κ3) is 2.94. The minimum Gasteiger partial charge on any atom is -0.207 e. The molecule has 0 nitrogen and oxygen atoms in total. The Morgan fingerprint density at radius 2 is 1.52 bits per heavy atom. The number of hydrogen-bond donors (Lipinski definition) is 0. The van der Waals surface area contributed by atoms with Gasteiger partial charge in [0.2, 0.25) is 0 Å². The second-order valence-electron chi connectivity index (χ2n) is 4.71. The lowest BCUT2D eigenvalue weighted by molar-refractivity contribution is 0.613. The second-order valence-corrected chi connectivity index (χ2v) is 7.40. The van der Waals surface area contributed by atoms with Gasteiger partial charge in [0.1, 0.15) is 5.82 Å². The van der Waals surface area contributed by atoms with Crippen molar-refractivity contribution in [3.05, 3.63) is 80.5 Å². The van der Waals surface area contributed by atoms with Gasteiger partial charge in [-0.2, -0.15) is 0 Å². The van der Waals surface area contributed by atoms with Gasteiger partial charge in [-0.25, -0.2) is 4.39 Å². The molecule has 3 rings (SSSR count). The van der Waals surface area contributed by atoms with Gasteiger partial charge in [0.15, 0.2) is 0 Å². The summed E-state index contributed by atoms with van der Waals surface area (Å²) < 4.78 is 16.0. The quantitative estimate of drug-likeness (QED) is 0.353. The second kappa shape index (κ2) is 6.19. The van der Waals surface area contributed by atoms with Crippen LogP contribution in [0.4, 0.5) is 4.39 Å².